The van der Waals surface area contributed by atoms with Gasteiger partial charge in [0.2, 0.25) is 0 Å². The highest BCUT2D eigenvalue weighted by molar-refractivity contribution is 5.57. The average molecular weight is 189 g/mol. The number of aryl methyl sites for hydroxylation is 1. The maximum absolute atomic E-state index is 3.15. The van der Waals surface area contributed by atoms with Crippen molar-refractivity contribution in [2.75, 3.05) is 13.6 Å². The fourth-order valence-corrected chi connectivity index (χ4v) is 1.53. The van der Waals surface area contributed by atoms with Crippen LogP contribution in [-0.2, 0) is 0 Å². The quantitative estimate of drug-likeness (QED) is 0.771. The Labute approximate surface area is 86.8 Å². The topological polar surface area (TPSA) is 12.0 Å². The van der Waals surface area contributed by atoms with Crippen LogP contribution in [0.5, 0.6) is 0 Å². The van der Waals surface area contributed by atoms with Crippen molar-refractivity contribution < 1.29 is 0 Å². The molecule has 0 fully saturated rings. The summed E-state index contributed by atoms with van der Waals surface area (Å²) < 4.78 is 0. The van der Waals surface area contributed by atoms with Crippen LogP contribution in [0, 0.1) is 13.8 Å². The molecule has 0 aliphatic rings. The van der Waals surface area contributed by atoms with E-state index in [0.29, 0.717) is 0 Å². The summed E-state index contributed by atoms with van der Waals surface area (Å²) in [6.45, 7) is 7.43. The second-order valence-electron chi connectivity index (χ2n) is 3.81. The molecule has 1 N–H and O–H groups in total. The zero-order valence-electron chi connectivity index (χ0n) is 9.52. The molecule has 0 spiro atoms. The Bertz CT molecular complexity index is 337. The molecule has 1 aromatic carbocycles. The summed E-state index contributed by atoms with van der Waals surface area (Å²) in [5, 5.41) is 3.15. The Kier molecular flexibility index (Phi) is 3.90. The molecule has 1 nitrogen and oxygen atoms in total. The van der Waals surface area contributed by atoms with E-state index in [9.17, 15) is 0 Å². The third-order valence-corrected chi connectivity index (χ3v) is 2.50. The van der Waals surface area contributed by atoms with E-state index in [1.165, 1.54) is 22.3 Å². The summed E-state index contributed by atoms with van der Waals surface area (Å²) in [6.07, 6.45) is 2.25. The molecule has 0 saturated carbocycles. The maximum Gasteiger partial charge on any atom is 0.0162 e. The van der Waals surface area contributed by atoms with Gasteiger partial charge in [-0.15, -0.1) is 0 Å². The molecule has 1 rings (SSSR count). The zero-order chi connectivity index (χ0) is 10.6. The highest BCUT2D eigenvalue weighted by Crippen LogP contribution is 2.15. The van der Waals surface area contributed by atoms with Crippen LogP contribution in [-0.4, -0.2) is 13.6 Å². The second-order valence-corrected chi connectivity index (χ2v) is 3.81. The van der Waals surface area contributed by atoms with Crippen molar-refractivity contribution in [2.24, 2.45) is 0 Å². The van der Waals surface area contributed by atoms with Gasteiger partial charge in [-0.1, -0.05) is 29.8 Å². The van der Waals surface area contributed by atoms with Crippen molar-refractivity contribution in [3.8, 4) is 0 Å². The summed E-state index contributed by atoms with van der Waals surface area (Å²) in [5.41, 5.74) is 5.43. The highest BCUT2D eigenvalue weighted by Gasteiger charge is 1.97. The van der Waals surface area contributed by atoms with Gasteiger partial charge in [0.1, 0.15) is 0 Å². The Hall–Kier alpha value is -1.08. The van der Waals surface area contributed by atoms with Crippen LogP contribution in [0.2, 0.25) is 0 Å². The van der Waals surface area contributed by atoms with Crippen molar-refractivity contribution in [3.63, 3.8) is 0 Å². The third kappa shape index (κ3) is 2.71. The molecular formula is C13H19N. The number of benzene rings is 1. The minimum atomic E-state index is 0.952. The van der Waals surface area contributed by atoms with Crippen LogP contribution < -0.4 is 5.32 Å². The number of rotatable bonds is 3. The molecule has 1 heteroatoms. The lowest BCUT2D eigenvalue weighted by atomic mass is 10.0. The van der Waals surface area contributed by atoms with Gasteiger partial charge in [-0.25, -0.2) is 0 Å². The van der Waals surface area contributed by atoms with Gasteiger partial charge in [0, 0.05) is 6.54 Å². The monoisotopic (exact) mass is 189 g/mol. The van der Waals surface area contributed by atoms with Gasteiger partial charge in [-0.3, -0.25) is 0 Å². The largest absolute Gasteiger partial charge is 0.316 e. The Morgan fingerprint density at radius 2 is 2.07 bits per heavy atom. The van der Waals surface area contributed by atoms with E-state index in [-0.39, 0.29) is 0 Å². The molecule has 0 aromatic heterocycles. The van der Waals surface area contributed by atoms with Gasteiger partial charge in [0.15, 0.2) is 0 Å². The average Bonchev–Trinajstić information content (AvgIpc) is 2.13. The molecule has 0 bridgehead atoms. The summed E-state index contributed by atoms with van der Waals surface area (Å²) >= 11 is 0. The van der Waals surface area contributed by atoms with Gasteiger partial charge in [-0.05, 0) is 44.5 Å². The Morgan fingerprint density at radius 1 is 1.36 bits per heavy atom. The summed E-state index contributed by atoms with van der Waals surface area (Å²) in [7, 11) is 1.97. The lowest BCUT2D eigenvalue weighted by Gasteiger charge is -2.06. The molecule has 0 unspecified atom stereocenters. The Balaban J connectivity index is 2.96. The number of likely N-dealkylation sites (N-methyl/N-ethyl adjacent to an activating group) is 1. The van der Waals surface area contributed by atoms with Crippen molar-refractivity contribution >= 4 is 6.08 Å². The highest BCUT2D eigenvalue weighted by atomic mass is 14.8. The van der Waals surface area contributed by atoms with Crippen molar-refractivity contribution in [2.45, 2.75) is 20.8 Å². The molecule has 0 aliphatic carbocycles. The molecule has 0 saturated heterocycles. The molecule has 0 heterocycles. The molecule has 0 aliphatic heterocycles. The minimum absolute atomic E-state index is 0.952. The summed E-state index contributed by atoms with van der Waals surface area (Å²) in [4.78, 5) is 0. The first-order valence-corrected chi connectivity index (χ1v) is 5.03. The molecular weight excluding hydrogens is 170 g/mol. The van der Waals surface area contributed by atoms with E-state index in [2.05, 4.69) is 50.4 Å². The Morgan fingerprint density at radius 3 is 2.71 bits per heavy atom. The normalized spacial score (nSPS) is 11.9. The SMILES string of the molecule is CNCC(C)=Cc1cccc(C)c1C. The summed E-state index contributed by atoms with van der Waals surface area (Å²) in [6, 6.07) is 6.43. The first kappa shape index (κ1) is 11.0. The molecule has 1 aromatic rings. The lowest BCUT2D eigenvalue weighted by molar-refractivity contribution is 0.884. The van der Waals surface area contributed by atoms with Gasteiger partial charge < -0.3 is 5.32 Å². The predicted molar refractivity (Wildman–Crippen MR) is 63.5 cm³/mol. The molecule has 0 amide bonds. The first-order valence-electron chi connectivity index (χ1n) is 5.03. The van der Waals surface area contributed by atoms with Gasteiger partial charge in [-0.2, -0.15) is 0 Å². The van der Waals surface area contributed by atoms with Crippen LogP contribution in [0.4, 0.5) is 0 Å². The molecule has 76 valence electrons. The van der Waals surface area contributed by atoms with Gasteiger partial charge in [0.25, 0.3) is 0 Å². The van der Waals surface area contributed by atoms with Gasteiger partial charge in [0.05, 0.1) is 0 Å². The van der Waals surface area contributed by atoms with Crippen LogP contribution in [0.25, 0.3) is 6.08 Å². The molecule has 0 radical (unpaired) electrons. The lowest BCUT2D eigenvalue weighted by Crippen LogP contribution is -2.08. The first-order chi connectivity index (χ1) is 6.65. The fraction of sp³-hybridized carbons (Fsp3) is 0.385. The van der Waals surface area contributed by atoms with Crippen molar-refractivity contribution in [3.05, 3.63) is 40.5 Å². The number of nitrogens with one attached hydrogen (secondary N) is 1. The standard InChI is InChI=1S/C13H19N/c1-10(9-14-4)8-13-7-5-6-11(2)12(13)3/h5-8,14H,9H2,1-4H3. The molecule has 0 atom stereocenters. The van der Waals surface area contributed by atoms with E-state index >= 15 is 0 Å². The smallest absolute Gasteiger partial charge is 0.0162 e. The van der Waals surface area contributed by atoms with Crippen LogP contribution in [0.1, 0.15) is 23.6 Å². The van der Waals surface area contributed by atoms with Gasteiger partial charge >= 0.3 is 0 Å². The zero-order valence-corrected chi connectivity index (χ0v) is 9.52. The van der Waals surface area contributed by atoms with E-state index in [1.54, 1.807) is 0 Å². The predicted octanol–water partition coefficient (Wildman–Crippen LogP) is 2.93. The van der Waals surface area contributed by atoms with E-state index in [0.717, 1.165) is 6.54 Å². The molecule has 14 heavy (non-hydrogen) atoms. The van der Waals surface area contributed by atoms with E-state index < -0.39 is 0 Å². The van der Waals surface area contributed by atoms with Crippen molar-refractivity contribution in [1.82, 2.24) is 5.32 Å². The van der Waals surface area contributed by atoms with Crippen LogP contribution in [0.3, 0.4) is 0 Å². The number of hydrogen-bond donors (Lipinski definition) is 1. The number of hydrogen-bond acceptors (Lipinski definition) is 1. The van der Waals surface area contributed by atoms with Crippen molar-refractivity contribution in [1.29, 1.82) is 0 Å². The van der Waals surface area contributed by atoms with Crippen LogP contribution in [0.15, 0.2) is 23.8 Å². The van der Waals surface area contributed by atoms with E-state index in [4.69, 9.17) is 0 Å². The van der Waals surface area contributed by atoms with Crippen LogP contribution >= 0.6 is 0 Å². The van der Waals surface area contributed by atoms with E-state index in [1.807, 2.05) is 7.05 Å². The fourth-order valence-electron chi connectivity index (χ4n) is 1.53. The summed E-state index contributed by atoms with van der Waals surface area (Å²) in [5.74, 6) is 0. The second kappa shape index (κ2) is 4.97. The minimum Gasteiger partial charge on any atom is -0.316 e. The maximum atomic E-state index is 3.15. The third-order valence-electron chi connectivity index (χ3n) is 2.50.